The first-order chi connectivity index (χ1) is 11.9. The second kappa shape index (κ2) is 11.2. The highest BCUT2D eigenvalue weighted by Crippen LogP contribution is 2.14. The van der Waals surface area contributed by atoms with Gasteiger partial charge in [0.25, 0.3) is 5.91 Å². The topological polar surface area (TPSA) is 98.5 Å². The zero-order chi connectivity index (χ0) is 18.7. The third-order valence-electron chi connectivity index (χ3n) is 3.85. The zero-order valence-electron chi connectivity index (χ0n) is 15.0. The van der Waals surface area contributed by atoms with Crippen LogP contribution in [0.3, 0.4) is 0 Å². The summed E-state index contributed by atoms with van der Waals surface area (Å²) in [6.45, 7) is 3.45. The molecule has 1 aromatic rings. The first-order valence-electron chi connectivity index (χ1n) is 8.82. The van der Waals surface area contributed by atoms with Crippen molar-refractivity contribution in [2.75, 3.05) is 0 Å². The molecule has 0 bridgehead atoms. The fourth-order valence-corrected chi connectivity index (χ4v) is 2.52. The SMILES string of the molecule is CCCCCCCC[C@H](NC(=O)c1cccc(OC(C)=O)c1)C(N)=O. The number of unbranched alkanes of at least 4 members (excludes halogenated alkanes) is 5. The Hall–Kier alpha value is -2.37. The van der Waals surface area contributed by atoms with Crippen molar-refractivity contribution < 1.29 is 19.1 Å². The second-order valence-electron chi connectivity index (χ2n) is 6.11. The van der Waals surface area contributed by atoms with Crippen molar-refractivity contribution in [1.82, 2.24) is 5.32 Å². The summed E-state index contributed by atoms with van der Waals surface area (Å²) in [5.74, 6) is -1.14. The molecular weight excluding hydrogens is 320 g/mol. The molecule has 0 aliphatic heterocycles. The molecule has 0 aliphatic carbocycles. The quantitative estimate of drug-likeness (QED) is 0.365. The molecule has 138 valence electrons. The van der Waals surface area contributed by atoms with Crippen molar-refractivity contribution in [2.24, 2.45) is 5.73 Å². The average Bonchev–Trinajstić information content (AvgIpc) is 2.56. The van der Waals surface area contributed by atoms with Crippen molar-refractivity contribution in [2.45, 2.75) is 64.8 Å². The van der Waals surface area contributed by atoms with Gasteiger partial charge in [0.1, 0.15) is 11.8 Å². The number of benzene rings is 1. The normalized spacial score (nSPS) is 11.6. The van der Waals surface area contributed by atoms with E-state index in [1.54, 1.807) is 18.2 Å². The maximum atomic E-state index is 12.3. The first-order valence-corrected chi connectivity index (χ1v) is 8.82. The monoisotopic (exact) mass is 348 g/mol. The Morgan fingerprint density at radius 3 is 2.44 bits per heavy atom. The molecule has 2 amide bonds. The molecule has 0 unspecified atom stereocenters. The Kier molecular flexibility index (Phi) is 9.29. The number of primary amides is 1. The number of amides is 2. The van der Waals surface area contributed by atoms with E-state index in [2.05, 4.69) is 12.2 Å². The summed E-state index contributed by atoms with van der Waals surface area (Å²) < 4.78 is 4.96. The van der Waals surface area contributed by atoms with Crippen LogP contribution in [-0.2, 0) is 9.59 Å². The van der Waals surface area contributed by atoms with Gasteiger partial charge in [0.05, 0.1) is 0 Å². The van der Waals surface area contributed by atoms with Crippen LogP contribution in [0.2, 0.25) is 0 Å². The zero-order valence-corrected chi connectivity index (χ0v) is 15.0. The predicted molar refractivity (Wildman–Crippen MR) is 96.2 cm³/mol. The molecule has 6 heteroatoms. The molecule has 0 radical (unpaired) electrons. The largest absolute Gasteiger partial charge is 0.427 e. The fourth-order valence-electron chi connectivity index (χ4n) is 2.52. The summed E-state index contributed by atoms with van der Waals surface area (Å²) in [6.07, 6.45) is 7.09. The molecule has 0 saturated carbocycles. The van der Waals surface area contributed by atoms with Crippen LogP contribution in [0, 0.1) is 0 Å². The molecule has 0 spiro atoms. The second-order valence-corrected chi connectivity index (χ2v) is 6.11. The Balaban J connectivity index is 2.55. The Bertz CT molecular complexity index is 587. The van der Waals surface area contributed by atoms with Gasteiger partial charge in [0.2, 0.25) is 5.91 Å². The number of carbonyl (C=O) groups is 3. The number of nitrogens with one attached hydrogen (secondary N) is 1. The molecule has 25 heavy (non-hydrogen) atoms. The van der Waals surface area contributed by atoms with E-state index in [-0.39, 0.29) is 5.75 Å². The summed E-state index contributed by atoms with van der Waals surface area (Å²) in [4.78, 5) is 34.9. The van der Waals surface area contributed by atoms with Crippen LogP contribution in [0.25, 0.3) is 0 Å². The van der Waals surface area contributed by atoms with Crippen LogP contribution < -0.4 is 15.8 Å². The molecule has 0 aromatic heterocycles. The molecule has 0 fully saturated rings. The Morgan fingerprint density at radius 1 is 1.12 bits per heavy atom. The highest BCUT2D eigenvalue weighted by Gasteiger charge is 2.19. The number of ether oxygens (including phenoxy) is 1. The number of esters is 1. The standard InChI is InChI=1S/C19H28N2O4/c1-3-4-5-6-7-8-12-17(18(20)23)21-19(24)15-10-9-11-16(13-15)25-14(2)22/h9-11,13,17H,3-8,12H2,1-2H3,(H2,20,23)(H,21,24)/t17-/m0/s1. The van der Waals surface area contributed by atoms with Crippen LogP contribution >= 0.6 is 0 Å². The molecule has 0 heterocycles. The van der Waals surface area contributed by atoms with E-state index in [0.29, 0.717) is 12.0 Å². The lowest BCUT2D eigenvalue weighted by molar-refractivity contribution is -0.131. The van der Waals surface area contributed by atoms with Gasteiger partial charge in [-0.2, -0.15) is 0 Å². The molecule has 1 rings (SSSR count). The van der Waals surface area contributed by atoms with Crippen LogP contribution in [0.4, 0.5) is 0 Å². The minimum Gasteiger partial charge on any atom is -0.427 e. The molecule has 0 aliphatic rings. The highest BCUT2D eigenvalue weighted by molar-refractivity contribution is 5.97. The third kappa shape index (κ3) is 8.33. The summed E-state index contributed by atoms with van der Waals surface area (Å²) in [5.41, 5.74) is 5.71. The van der Waals surface area contributed by atoms with Gasteiger partial charge < -0.3 is 15.8 Å². The van der Waals surface area contributed by atoms with Gasteiger partial charge >= 0.3 is 5.97 Å². The van der Waals surface area contributed by atoms with Gasteiger partial charge in [-0.1, -0.05) is 51.5 Å². The van der Waals surface area contributed by atoms with Crippen molar-refractivity contribution in [1.29, 1.82) is 0 Å². The van der Waals surface area contributed by atoms with E-state index in [0.717, 1.165) is 19.3 Å². The van der Waals surface area contributed by atoms with E-state index < -0.39 is 23.8 Å². The lowest BCUT2D eigenvalue weighted by Crippen LogP contribution is -2.44. The predicted octanol–water partition coefficient (Wildman–Crippen LogP) is 2.95. The van der Waals surface area contributed by atoms with E-state index in [1.807, 2.05) is 0 Å². The minimum atomic E-state index is -0.698. The van der Waals surface area contributed by atoms with Crippen LogP contribution in [0.5, 0.6) is 5.75 Å². The van der Waals surface area contributed by atoms with E-state index in [9.17, 15) is 14.4 Å². The third-order valence-corrected chi connectivity index (χ3v) is 3.85. The average molecular weight is 348 g/mol. The van der Waals surface area contributed by atoms with Gasteiger partial charge in [-0.05, 0) is 24.6 Å². The van der Waals surface area contributed by atoms with Gasteiger partial charge in [0.15, 0.2) is 0 Å². The molecular formula is C19H28N2O4. The number of rotatable bonds is 11. The fraction of sp³-hybridized carbons (Fsp3) is 0.526. The van der Waals surface area contributed by atoms with Crippen LogP contribution in [0.1, 0.15) is 69.2 Å². The van der Waals surface area contributed by atoms with Gasteiger partial charge in [0, 0.05) is 12.5 Å². The van der Waals surface area contributed by atoms with Crippen LogP contribution in [0.15, 0.2) is 24.3 Å². The number of hydrogen-bond donors (Lipinski definition) is 2. The number of hydrogen-bond acceptors (Lipinski definition) is 4. The first kappa shape index (κ1) is 20.7. The van der Waals surface area contributed by atoms with Crippen molar-refractivity contribution in [3.63, 3.8) is 0 Å². The van der Waals surface area contributed by atoms with E-state index in [1.165, 1.54) is 32.3 Å². The van der Waals surface area contributed by atoms with Gasteiger partial charge in [-0.25, -0.2) is 0 Å². The summed E-state index contributed by atoms with van der Waals surface area (Å²) in [7, 11) is 0. The summed E-state index contributed by atoms with van der Waals surface area (Å²) in [5, 5.41) is 2.66. The molecule has 0 saturated heterocycles. The van der Waals surface area contributed by atoms with E-state index >= 15 is 0 Å². The smallest absolute Gasteiger partial charge is 0.308 e. The van der Waals surface area contributed by atoms with E-state index in [4.69, 9.17) is 10.5 Å². The summed E-state index contributed by atoms with van der Waals surface area (Å²) >= 11 is 0. The maximum Gasteiger partial charge on any atom is 0.308 e. The maximum absolute atomic E-state index is 12.3. The molecule has 1 aromatic carbocycles. The molecule has 3 N–H and O–H groups in total. The van der Waals surface area contributed by atoms with Gasteiger partial charge in [-0.15, -0.1) is 0 Å². The minimum absolute atomic E-state index is 0.284. The van der Waals surface area contributed by atoms with Crippen molar-refractivity contribution >= 4 is 17.8 Å². The molecule has 6 nitrogen and oxygen atoms in total. The highest BCUT2D eigenvalue weighted by atomic mass is 16.5. The molecule has 1 atom stereocenters. The van der Waals surface area contributed by atoms with Gasteiger partial charge in [-0.3, -0.25) is 14.4 Å². The Morgan fingerprint density at radius 2 is 1.80 bits per heavy atom. The van der Waals surface area contributed by atoms with Crippen LogP contribution in [-0.4, -0.2) is 23.8 Å². The van der Waals surface area contributed by atoms with Crippen molar-refractivity contribution in [3.8, 4) is 5.75 Å². The van der Waals surface area contributed by atoms with Crippen molar-refractivity contribution in [3.05, 3.63) is 29.8 Å². The lowest BCUT2D eigenvalue weighted by atomic mass is 10.0. The lowest BCUT2D eigenvalue weighted by Gasteiger charge is -2.15. The summed E-state index contributed by atoms with van der Waals surface area (Å²) in [6, 6.07) is 5.54. The Labute approximate surface area is 149 Å². The number of carbonyl (C=O) groups excluding carboxylic acids is 3. The number of nitrogens with two attached hydrogens (primary N) is 1.